The molecule has 0 radical (unpaired) electrons. The maximum Gasteiger partial charge on any atom is 0.231 e. The summed E-state index contributed by atoms with van der Waals surface area (Å²) in [7, 11) is 0. The lowest BCUT2D eigenvalue weighted by molar-refractivity contribution is -0.119. The van der Waals surface area contributed by atoms with Crippen LogP contribution in [0.1, 0.15) is 125 Å². The lowest BCUT2D eigenvalue weighted by Gasteiger charge is -2.42. The van der Waals surface area contributed by atoms with Gasteiger partial charge >= 0.3 is 0 Å². The second-order valence-electron chi connectivity index (χ2n) is 11.8. The second-order valence-corrected chi connectivity index (χ2v) is 13.2. The van der Waals surface area contributed by atoms with Gasteiger partial charge in [-0.05, 0) is 66.3 Å². The number of aryl methyl sites for hydroxylation is 2. The molecule has 2 aromatic rings. The van der Waals surface area contributed by atoms with Crippen LogP contribution in [0.2, 0.25) is 0 Å². The van der Waals surface area contributed by atoms with Crippen LogP contribution in [0.25, 0.3) is 0 Å². The highest BCUT2D eigenvalue weighted by atomic mass is 32.2. The maximum atomic E-state index is 10.9. The molecule has 52 heavy (non-hydrogen) atoms. The van der Waals surface area contributed by atoms with E-state index < -0.39 is 0 Å². The van der Waals surface area contributed by atoms with Gasteiger partial charge < -0.3 is 19.5 Å². The maximum absolute atomic E-state index is 10.9. The number of aliphatic hydroxyl groups is 1. The molecule has 3 aliphatic heterocycles. The lowest BCUT2D eigenvalue weighted by Crippen LogP contribution is -2.52. The molecule has 5 rings (SSSR count). The number of ether oxygens (including phenoxy) is 2. The van der Waals surface area contributed by atoms with Crippen LogP contribution in [0.3, 0.4) is 0 Å². The van der Waals surface area contributed by atoms with Gasteiger partial charge in [0.1, 0.15) is 0 Å². The molecule has 1 unspecified atom stereocenters. The molecule has 2 fully saturated rings. The zero-order chi connectivity index (χ0) is 39.6. The summed E-state index contributed by atoms with van der Waals surface area (Å²) in [5.41, 5.74) is 4.05. The van der Waals surface area contributed by atoms with Crippen LogP contribution in [0.15, 0.2) is 53.9 Å². The largest absolute Gasteiger partial charge is 0.454 e. The molecule has 2 saturated heterocycles. The van der Waals surface area contributed by atoms with Crippen LogP contribution in [-0.2, 0) is 24.2 Å². The van der Waals surface area contributed by atoms with Crippen LogP contribution < -0.4 is 9.47 Å². The Hall–Kier alpha value is -2.52. The summed E-state index contributed by atoms with van der Waals surface area (Å²) in [6, 6.07) is 16.0. The molecule has 7 nitrogen and oxygen atoms in total. The normalized spacial score (nSPS) is 15.6. The minimum atomic E-state index is 0.156. The Labute approximate surface area is 325 Å². The van der Waals surface area contributed by atoms with Gasteiger partial charge in [0.05, 0.1) is 6.61 Å². The second kappa shape index (κ2) is 35.5. The van der Waals surface area contributed by atoms with E-state index in [1.165, 1.54) is 29.5 Å². The zero-order valence-corrected chi connectivity index (χ0v) is 36.3. The number of thioether (sulfide) groups is 1. The minimum Gasteiger partial charge on any atom is -0.454 e. The number of carbonyl (C=O) groups is 1. The Bertz CT molecular complexity index is 1100. The Morgan fingerprint density at radius 2 is 1.29 bits per heavy atom. The predicted octanol–water partition coefficient (Wildman–Crippen LogP) is 10.5. The first kappa shape index (κ1) is 51.6. The van der Waals surface area contributed by atoms with Gasteiger partial charge in [0.2, 0.25) is 13.2 Å². The third kappa shape index (κ3) is 21.9. The number of nitrogens with zero attached hydrogens (tertiary/aromatic N) is 3. The number of rotatable bonds is 11. The number of piperidine rings is 1. The van der Waals surface area contributed by atoms with Gasteiger partial charge in [-0.2, -0.15) is 0 Å². The molecular formula is C44H79N3O4S. The molecule has 0 bridgehead atoms. The van der Waals surface area contributed by atoms with E-state index in [-0.39, 0.29) is 6.61 Å². The smallest absolute Gasteiger partial charge is 0.231 e. The third-order valence-electron chi connectivity index (χ3n) is 8.23. The molecule has 1 N–H and O–H groups in total. The van der Waals surface area contributed by atoms with Crippen LogP contribution in [-0.4, -0.2) is 90.2 Å². The number of carbonyl (C=O) groups excluding carboxylic acids is 1. The quantitative estimate of drug-likeness (QED) is 0.230. The van der Waals surface area contributed by atoms with Crippen molar-refractivity contribution in [3.63, 3.8) is 0 Å². The summed E-state index contributed by atoms with van der Waals surface area (Å²) in [6.07, 6.45) is 9.46. The van der Waals surface area contributed by atoms with E-state index in [1.54, 1.807) is 17.8 Å². The number of aliphatic hydroxyl groups excluding tert-OH is 1. The predicted molar refractivity (Wildman–Crippen MR) is 229 cm³/mol. The molecule has 2 aromatic carbocycles. The van der Waals surface area contributed by atoms with E-state index >= 15 is 0 Å². The van der Waals surface area contributed by atoms with Crippen LogP contribution >= 0.6 is 11.8 Å². The number of benzene rings is 2. The first-order chi connectivity index (χ1) is 25.5. The summed E-state index contributed by atoms with van der Waals surface area (Å²) in [5.74, 6) is 1.71. The monoisotopic (exact) mass is 746 g/mol. The summed E-state index contributed by atoms with van der Waals surface area (Å²) >= 11 is 1.76. The van der Waals surface area contributed by atoms with Gasteiger partial charge in [-0.15, -0.1) is 11.8 Å². The molecule has 0 aromatic heterocycles. The first-order valence-electron chi connectivity index (χ1n) is 20.5. The summed E-state index contributed by atoms with van der Waals surface area (Å²) < 4.78 is 10.9. The highest BCUT2D eigenvalue weighted by molar-refractivity contribution is 8.02. The molecule has 8 heteroatoms. The number of fused-ring (bicyclic) bond motifs is 1. The lowest BCUT2D eigenvalue weighted by atomic mass is 10.0. The Morgan fingerprint density at radius 1 is 0.769 bits per heavy atom. The van der Waals surface area contributed by atoms with Crippen molar-refractivity contribution >= 4 is 18.2 Å². The topological polar surface area (TPSA) is 65.5 Å². The third-order valence-corrected chi connectivity index (χ3v) is 9.37. The first-order valence-corrected chi connectivity index (χ1v) is 21.5. The van der Waals surface area contributed by atoms with Gasteiger partial charge in [0.25, 0.3) is 0 Å². The summed E-state index contributed by atoms with van der Waals surface area (Å²) in [4.78, 5) is 18.0. The molecule has 3 aliphatic rings. The Morgan fingerprint density at radius 3 is 1.83 bits per heavy atom. The van der Waals surface area contributed by atoms with Crippen molar-refractivity contribution in [3.05, 3.63) is 70.6 Å². The van der Waals surface area contributed by atoms with Crippen LogP contribution in [0.5, 0.6) is 11.5 Å². The molecule has 0 spiro atoms. The number of hydrogen-bond acceptors (Lipinski definition) is 7. The van der Waals surface area contributed by atoms with E-state index in [4.69, 9.17) is 14.6 Å². The fourth-order valence-corrected chi connectivity index (χ4v) is 6.08. The van der Waals surface area contributed by atoms with Crippen molar-refractivity contribution in [2.24, 2.45) is 0 Å². The van der Waals surface area contributed by atoms with E-state index in [0.29, 0.717) is 18.1 Å². The molecule has 300 valence electrons. The molecule has 1 amide bonds. The van der Waals surface area contributed by atoms with E-state index in [0.717, 1.165) is 89.4 Å². The van der Waals surface area contributed by atoms with Crippen molar-refractivity contribution in [3.8, 4) is 11.5 Å². The van der Waals surface area contributed by atoms with Gasteiger partial charge in [-0.3, -0.25) is 14.6 Å². The van der Waals surface area contributed by atoms with E-state index in [1.807, 2.05) is 71.8 Å². The molecule has 3 heterocycles. The minimum absolute atomic E-state index is 0.156. The standard InChI is InChI=1S/C26H33N3O3.C7H14OS.C3H8.4C2H6/c30-19-28-11-9-24(10-12-28)29-15-13-27(14-16-29)18-23-5-2-21(3-6-23)1-4-22-7-8-25-26(17-22)32-20-31-25;1-3-7(2)9-6-4-5-8;1-3-2;4*1-2/h2-3,5-8,17,19,24H,1,4,9-16,18,20H2;4,6-8H,3,5H2,1-2H3;3H2,1-2H3;4*1-2H3/b;6-4-;;;;;. The Balaban J connectivity index is 0. The van der Waals surface area contributed by atoms with Crippen molar-refractivity contribution in [2.45, 2.75) is 139 Å². The van der Waals surface area contributed by atoms with E-state index in [2.05, 4.69) is 73.9 Å². The number of hydrogen-bond donors (Lipinski definition) is 1. The zero-order valence-electron chi connectivity index (χ0n) is 35.5. The summed E-state index contributed by atoms with van der Waals surface area (Å²) in [6.45, 7) is 32.4. The highest BCUT2D eigenvalue weighted by Gasteiger charge is 2.27. The molecule has 0 saturated carbocycles. The van der Waals surface area contributed by atoms with Gasteiger partial charge in [-0.25, -0.2) is 0 Å². The van der Waals surface area contributed by atoms with Gasteiger partial charge in [0.15, 0.2) is 11.5 Å². The van der Waals surface area contributed by atoms with Crippen molar-refractivity contribution in [1.82, 2.24) is 14.7 Å². The fraction of sp³-hybridized carbons (Fsp3) is 0.659. The average molecular weight is 746 g/mol. The molecular weight excluding hydrogens is 667 g/mol. The summed E-state index contributed by atoms with van der Waals surface area (Å²) in [5, 5.41) is 11.0. The SMILES string of the molecule is CC.CC.CC.CC.CCC.CCC(C)S/C=C\CO.O=CN1CCC(N2CCN(Cc3ccc(CCc4ccc5c(c4)OCO5)cc3)CC2)CC1. The van der Waals surface area contributed by atoms with Crippen molar-refractivity contribution < 1.29 is 19.4 Å². The van der Waals surface area contributed by atoms with Crippen LogP contribution in [0, 0.1) is 0 Å². The highest BCUT2D eigenvalue weighted by Crippen LogP contribution is 2.32. The fourth-order valence-electron chi connectivity index (χ4n) is 5.43. The number of amides is 1. The molecule has 0 aliphatic carbocycles. The van der Waals surface area contributed by atoms with Crippen molar-refractivity contribution in [2.75, 3.05) is 52.7 Å². The van der Waals surface area contributed by atoms with E-state index in [9.17, 15) is 4.79 Å². The van der Waals surface area contributed by atoms with Crippen molar-refractivity contribution in [1.29, 1.82) is 0 Å². The number of likely N-dealkylation sites (tertiary alicyclic amines) is 1. The molecule has 1 atom stereocenters. The average Bonchev–Trinajstić information content (AvgIpc) is 3.70. The van der Waals surface area contributed by atoms with Crippen LogP contribution in [0.4, 0.5) is 0 Å². The Kier molecular flexibility index (Phi) is 35.2. The number of piperazine rings is 1. The van der Waals surface area contributed by atoms with Gasteiger partial charge in [-0.1, -0.05) is 126 Å². The van der Waals surface area contributed by atoms with Gasteiger partial charge in [0, 0.05) is 57.1 Å².